The molecule has 3 nitrogen and oxygen atoms in total. The van der Waals surface area contributed by atoms with E-state index in [9.17, 15) is 4.79 Å². The number of ether oxygens (including phenoxy) is 1. The number of benzene rings is 1. The molecule has 16 heavy (non-hydrogen) atoms. The van der Waals surface area contributed by atoms with Gasteiger partial charge in [-0.15, -0.1) is 0 Å². The Morgan fingerprint density at radius 3 is 2.38 bits per heavy atom. The molecule has 0 aliphatic carbocycles. The van der Waals surface area contributed by atoms with Crippen LogP contribution in [0.4, 0.5) is 5.69 Å². The summed E-state index contributed by atoms with van der Waals surface area (Å²) in [5, 5.41) is 3.35. The number of carbonyl (C=O) groups excluding carboxylic acids is 1. The Labute approximate surface area is 96.8 Å². The molecule has 0 unspecified atom stereocenters. The average molecular weight is 221 g/mol. The van der Waals surface area contributed by atoms with Crippen LogP contribution in [0.5, 0.6) is 5.75 Å². The third-order valence-corrected chi connectivity index (χ3v) is 2.12. The van der Waals surface area contributed by atoms with Gasteiger partial charge in [-0.25, -0.2) is 0 Å². The van der Waals surface area contributed by atoms with Gasteiger partial charge in [0.15, 0.2) is 5.75 Å². The minimum Gasteiger partial charge on any atom is -0.427 e. The van der Waals surface area contributed by atoms with Crippen molar-refractivity contribution in [2.75, 3.05) is 5.32 Å². The fraction of sp³-hybridized carbons (Fsp3) is 0.462. The molecule has 1 rings (SSSR count). The summed E-state index contributed by atoms with van der Waals surface area (Å²) in [6.07, 6.45) is 0. The lowest BCUT2D eigenvalue weighted by atomic mass is 10.0. The summed E-state index contributed by atoms with van der Waals surface area (Å²) in [4.78, 5) is 10.5. The summed E-state index contributed by atoms with van der Waals surface area (Å²) in [7, 11) is 0. The second-order valence-corrected chi connectivity index (χ2v) is 5.04. The SMILES string of the molecule is Cc1cc(C)c(NC(C)(C)C)c(OC=O)c1. The van der Waals surface area contributed by atoms with Gasteiger partial charge >= 0.3 is 0 Å². The van der Waals surface area contributed by atoms with Gasteiger partial charge in [0.2, 0.25) is 0 Å². The molecule has 0 saturated heterocycles. The first-order valence-electron chi connectivity index (χ1n) is 5.33. The zero-order valence-electron chi connectivity index (χ0n) is 10.5. The summed E-state index contributed by atoms with van der Waals surface area (Å²) < 4.78 is 5.00. The first-order valence-corrected chi connectivity index (χ1v) is 5.33. The van der Waals surface area contributed by atoms with Crippen molar-refractivity contribution in [3.63, 3.8) is 0 Å². The summed E-state index contributed by atoms with van der Waals surface area (Å²) >= 11 is 0. The number of carbonyl (C=O) groups is 1. The number of rotatable bonds is 3. The zero-order chi connectivity index (χ0) is 12.3. The summed E-state index contributed by atoms with van der Waals surface area (Å²) in [5.74, 6) is 0.586. The lowest BCUT2D eigenvalue weighted by molar-refractivity contribution is -0.120. The molecule has 1 aromatic carbocycles. The molecule has 0 spiro atoms. The fourth-order valence-electron chi connectivity index (χ4n) is 1.61. The van der Waals surface area contributed by atoms with Gasteiger partial charge in [0.1, 0.15) is 0 Å². The van der Waals surface area contributed by atoms with Gasteiger partial charge < -0.3 is 10.1 Å². The lowest BCUT2D eigenvalue weighted by Crippen LogP contribution is -2.27. The highest BCUT2D eigenvalue weighted by Gasteiger charge is 2.15. The highest BCUT2D eigenvalue weighted by molar-refractivity contribution is 5.66. The predicted octanol–water partition coefficient (Wildman–Crippen LogP) is 3.05. The number of hydrogen-bond acceptors (Lipinski definition) is 3. The zero-order valence-corrected chi connectivity index (χ0v) is 10.5. The molecule has 0 atom stereocenters. The molecule has 1 N–H and O–H groups in total. The van der Waals surface area contributed by atoms with Crippen LogP contribution < -0.4 is 10.1 Å². The molecule has 0 saturated carbocycles. The first-order chi connectivity index (χ1) is 7.33. The molecule has 1 aromatic rings. The molecule has 0 radical (unpaired) electrons. The Bertz CT molecular complexity index is 392. The molecule has 3 heteroatoms. The van der Waals surface area contributed by atoms with E-state index in [0.29, 0.717) is 12.2 Å². The van der Waals surface area contributed by atoms with Crippen molar-refractivity contribution in [1.82, 2.24) is 0 Å². The Balaban J connectivity index is 3.18. The molecule has 0 amide bonds. The van der Waals surface area contributed by atoms with Crippen molar-refractivity contribution in [3.8, 4) is 5.75 Å². The molecule has 0 aromatic heterocycles. The Morgan fingerprint density at radius 2 is 1.88 bits per heavy atom. The standard InChI is InChI=1S/C13H19NO2/c1-9-6-10(2)12(14-13(3,4)5)11(7-9)16-8-15/h6-8,14H,1-5H3. The van der Waals surface area contributed by atoms with Gasteiger partial charge in [0.05, 0.1) is 5.69 Å². The number of hydrogen-bond donors (Lipinski definition) is 1. The summed E-state index contributed by atoms with van der Waals surface area (Å²) in [6, 6.07) is 3.92. The van der Waals surface area contributed by atoms with Gasteiger partial charge in [-0.05, 0) is 51.8 Å². The quantitative estimate of drug-likeness (QED) is 0.797. The normalized spacial score (nSPS) is 11.1. The highest BCUT2D eigenvalue weighted by Crippen LogP contribution is 2.31. The molecule has 0 fully saturated rings. The van der Waals surface area contributed by atoms with Gasteiger partial charge in [0, 0.05) is 5.54 Å². The van der Waals surface area contributed by atoms with Crippen LogP contribution in [0.3, 0.4) is 0 Å². The summed E-state index contributed by atoms with van der Waals surface area (Å²) in [5.41, 5.74) is 2.96. The molecule has 0 bridgehead atoms. The summed E-state index contributed by atoms with van der Waals surface area (Å²) in [6.45, 7) is 10.6. The van der Waals surface area contributed by atoms with E-state index in [2.05, 4.69) is 32.2 Å². The van der Waals surface area contributed by atoms with E-state index in [1.807, 2.05) is 19.9 Å². The van der Waals surface area contributed by atoms with Gasteiger partial charge in [-0.1, -0.05) is 6.07 Å². The molecule has 0 aliphatic heterocycles. The third-order valence-electron chi connectivity index (χ3n) is 2.12. The maximum absolute atomic E-state index is 10.5. The first kappa shape index (κ1) is 12.6. The third kappa shape index (κ3) is 3.26. The van der Waals surface area contributed by atoms with Crippen LogP contribution >= 0.6 is 0 Å². The van der Waals surface area contributed by atoms with Crippen LogP contribution in [-0.2, 0) is 4.79 Å². The molecule has 0 aliphatic rings. The largest absolute Gasteiger partial charge is 0.427 e. The van der Waals surface area contributed by atoms with Crippen molar-refractivity contribution in [2.45, 2.75) is 40.2 Å². The lowest BCUT2D eigenvalue weighted by Gasteiger charge is -2.25. The van der Waals surface area contributed by atoms with Crippen LogP contribution in [0, 0.1) is 13.8 Å². The molecule has 88 valence electrons. The minimum absolute atomic E-state index is 0.0684. The highest BCUT2D eigenvalue weighted by atomic mass is 16.5. The molecular formula is C13H19NO2. The van der Waals surface area contributed by atoms with Crippen LogP contribution in [0.2, 0.25) is 0 Å². The maximum atomic E-state index is 10.5. The maximum Gasteiger partial charge on any atom is 0.298 e. The van der Waals surface area contributed by atoms with Crippen LogP contribution in [-0.4, -0.2) is 12.0 Å². The van der Waals surface area contributed by atoms with E-state index in [1.54, 1.807) is 0 Å². The average Bonchev–Trinajstić information content (AvgIpc) is 2.10. The number of anilines is 1. The minimum atomic E-state index is -0.0684. The number of aryl methyl sites for hydroxylation is 2. The van der Waals surface area contributed by atoms with Crippen LogP contribution in [0.25, 0.3) is 0 Å². The van der Waals surface area contributed by atoms with E-state index >= 15 is 0 Å². The molecule has 0 heterocycles. The molecular weight excluding hydrogens is 202 g/mol. The predicted molar refractivity (Wildman–Crippen MR) is 66.0 cm³/mol. The van der Waals surface area contributed by atoms with Gasteiger partial charge in [-0.2, -0.15) is 0 Å². The second kappa shape index (κ2) is 4.56. The van der Waals surface area contributed by atoms with Crippen molar-refractivity contribution in [3.05, 3.63) is 23.3 Å². The number of nitrogens with one attached hydrogen (secondary N) is 1. The van der Waals surface area contributed by atoms with E-state index in [4.69, 9.17) is 4.74 Å². The van der Waals surface area contributed by atoms with E-state index < -0.39 is 0 Å². The van der Waals surface area contributed by atoms with E-state index in [-0.39, 0.29) is 5.54 Å². The monoisotopic (exact) mass is 221 g/mol. The van der Waals surface area contributed by atoms with Crippen LogP contribution in [0.1, 0.15) is 31.9 Å². The Kier molecular flexibility index (Phi) is 3.58. The Morgan fingerprint density at radius 1 is 1.25 bits per heavy atom. The van der Waals surface area contributed by atoms with Gasteiger partial charge in [-0.3, -0.25) is 4.79 Å². The van der Waals surface area contributed by atoms with Crippen molar-refractivity contribution in [1.29, 1.82) is 0 Å². The van der Waals surface area contributed by atoms with Crippen LogP contribution in [0.15, 0.2) is 12.1 Å². The smallest absolute Gasteiger partial charge is 0.298 e. The Hall–Kier alpha value is -1.51. The van der Waals surface area contributed by atoms with E-state index in [0.717, 1.165) is 16.8 Å². The van der Waals surface area contributed by atoms with Crippen molar-refractivity contribution in [2.24, 2.45) is 0 Å². The van der Waals surface area contributed by atoms with Gasteiger partial charge in [0.25, 0.3) is 6.47 Å². The fourth-order valence-corrected chi connectivity index (χ4v) is 1.61. The van der Waals surface area contributed by atoms with Crippen molar-refractivity contribution >= 4 is 12.2 Å². The second-order valence-electron chi connectivity index (χ2n) is 5.04. The van der Waals surface area contributed by atoms with E-state index in [1.165, 1.54) is 0 Å². The topological polar surface area (TPSA) is 38.3 Å². The van der Waals surface area contributed by atoms with Crippen molar-refractivity contribution < 1.29 is 9.53 Å².